The van der Waals surface area contributed by atoms with E-state index in [2.05, 4.69) is 22.2 Å². The maximum atomic E-state index is 12.1. The van der Waals surface area contributed by atoms with Crippen molar-refractivity contribution in [1.29, 1.82) is 0 Å². The molecular formula is C15H20N4O. The highest BCUT2D eigenvalue weighted by Crippen LogP contribution is 2.15. The van der Waals surface area contributed by atoms with Crippen molar-refractivity contribution < 1.29 is 4.79 Å². The van der Waals surface area contributed by atoms with Crippen molar-refractivity contribution in [3.63, 3.8) is 0 Å². The van der Waals surface area contributed by atoms with Crippen molar-refractivity contribution in [2.45, 2.75) is 39.8 Å². The second-order valence-corrected chi connectivity index (χ2v) is 4.85. The summed E-state index contributed by atoms with van der Waals surface area (Å²) in [5.74, 6) is -0.00541. The lowest BCUT2D eigenvalue weighted by Crippen LogP contribution is -2.31. The third-order valence-corrected chi connectivity index (χ3v) is 3.51. The van der Waals surface area contributed by atoms with Gasteiger partial charge >= 0.3 is 0 Å². The van der Waals surface area contributed by atoms with Gasteiger partial charge in [-0.3, -0.25) is 9.78 Å². The third kappa shape index (κ3) is 3.23. The normalized spacial score (nSPS) is 12.2. The summed E-state index contributed by atoms with van der Waals surface area (Å²) in [6, 6.07) is 3.89. The van der Waals surface area contributed by atoms with Crippen LogP contribution >= 0.6 is 0 Å². The average Bonchev–Trinajstić information content (AvgIpc) is 2.77. The van der Waals surface area contributed by atoms with Crippen LogP contribution in [0, 0.1) is 13.8 Å². The largest absolute Gasteiger partial charge is 0.348 e. The van der Waals surface area contributed by atoms with Gasteiger partial charge < -0.3 is 9.88 Å². The molecule has 0 radical (unpaired) electrons. The minimum absolute atomic E-state index is 0.00541. The van der Waals surface area contributed by atoms with Crippen molar-refractivity contribution >= 4 is 5.91 Å². The van der Waals surface area contributed by atoms with E-state index in [0.29, 0.717) is 6.54 Å². The third-order valence-electron chi connectivity index (χ3n) is 3.51. The van der Waals surface area contributed by atoms with Crippen LogP contribution < -0.4 is 5.32 Å². The molecule has 2 aromatic rings. The van der Waals surface area contributed by atoms with E-state index in [1.165, 1.54) is 0 Å². The maximum Gasteiger partial charge on any atom is 0.240 e. The predicted molar refractivity (Wildman–Crippen MR) is 77.1 cm³/mol. The van der Waals surface area contributed by atoms with Crippen LogP contribution in [-0.4, -0.2) is 20.4 Å². The molecule has 0 saturated carbocycles. The lowest BCUT2D eigenvalue weighted by molar-refractivity contribution is -0.122. The summed E-state index contributed by atoms with van der Waals surface area (Å²) in [6.45, 7) is 6.26. The molecule has 0 aromatic carbocycles. The number of carbonyl (C=O) groups is 1. The Morgan fingerprint density at radius 2 is 2.05 bits per heavy atom. The van der Waals surface area contributed by atoms with Gasteiger partial charge in [0.25, 0.3) is 0 Å². The zero-order valence-electron chi connectivity index (χ0n) is 12.1. The molecule has 0 aliphatic rings. The Kier molecular flexibility index (Phi) is 4.50. The number of nitrogens with one attached hydrogen (secondary N) is 1. The summed E-state index contributed by atoms with van der Waals surface area (Å²) in [5.41, 5.74) is 3.06. The predicted octanol–water partition coefficient (Wildman–Crippen LogP) is 2.16. The van der Waals surface area contributed by atoms with E-state index in [1.807, 2.05) is 30.5 Å². The SMILES string of the molecule is CC[C@H](NC(=O)Cn1cnc(C)c1C)c1ccncc1. The minimum atomic E-state index is -0.00541. The van der Waals surface area contributed by atoms with E-state index in [0.717, 1.165) is 23.4 Å². The number of hydrogen-bond donors (Lipinski definition) is 1. The lowest BCUT2D eigenvalue weighted by atomic mass is 10.1. The highest BCUT2D eigenvalue weighted by atomic mass is 16.2. The van der Waals surface area contributed by atoms with E-state index in [4.69, 9.17) is 0 Å². The fraction of sp³-hybridized carbons (Fsp3) is 0.400. The summed E-state index contributed by atoms with van der Waals surface area (Å²) in [4.78, 5) is 20.3. The monoisotopic (exact) mass is 272 g/mol. The molecule has 20 heavy (non-hydrogen) atoms. The first-order valence-corrected chi connectivity index (χ1v) is 6.79. The van der Waals surface area contributed by atoms with E-state index in [1.54, 1.807) is 18.7 Å². The number of aryl methyl sites for hydroxylation is 1. The molecule has 0 bridgehead atoms. The van der Waals surface area contributed by atoms with Gasteiger partial charge in [0.05, 0.1) is 18.1 Å². The Bertz CT molecular complexity index is 577. The summed E-state index contributed by atoms with van der Waals surface area (Å²) < 4.78 is 1.87. The number of aromatic nitrogens is 3. The van der Waals surface area contributed by atoms with E-state index < -0.39 is 0 Å². The van der Waals surface area contributed by atoms with Crippen molar-refractivity contribution in [3.05, 3.63) is 47.8 Å². The van der Waals surface area contributed by atoms with Gasteiger partial charge in [-0.2, -0.15) is 0 Å². The molecule has 1 amide bonds. The molecule has 2 rings (SSSR count). The standard InChI is InChI=1S/C15H20N4O/c1-4-14(13-5-7-16-8-6-13)18-15(20)9-19-10-17-11(2)12(19)3/h5-8,10,14H,4,9H2,1-3H3,(H,18,20)/t14-/m0/s1. The molecule has 5 nitrogen and oxygen atoms in total. The van der Waals surface area contributed by atoms with Gasteiger partial charge in [0.1, 0.15) is 6.54 Å². The second kappa shape index (κ2) is 6.32. The molecule has 1 atom stereocenters. The highest BCUT2D eigenvalue weighted by molar-refractivity contribution is 5.76. The summed E-state index contributed by atoms with van der Waals surface area (Å²) in [5, 5.41) is 3.05. The number of rotatable bonds is 5. The van der Waals surface area contributed by atoms with Crippen molar-refractivity contribution in [2.24, 2.45) is 0 Å². The van der Waals surface area contributed by atoms with Crippen molar-refractivity contribution in [1.82, 2.24) is 19.9 Å². The lowest BCUT2D eigenvalue weighted by Gasteiger charge is -2.17. The molecule has 5 heteroatoms. The second-order valence-electron chi connectivity index (χ2n) is 4.85. The average molecular weight is 272 g/mol. The van der Waals surface area contributed by atoms with Gasteiger partial charge in [-0.25, -0.2) is 4.98 Å². The molecule has 106 valence electrons. The van der Waals surface area contributed by atoms with Crippen LogP contribution in [0.3, 0.4) is 0 Å². The highest BCUT2D eigenvalue weighted by Gasteiger charge is 2.13. The van der Waals surface area contributed by atoms with Crippen LogP contribution in [0.2, 0.25) is 0 Å². The Morgan fingerprint density at radius 3 is 2.60 bits per heavy atom. The molecule has 2 aromatic heterocycles. The summed E-state index contributed by atoms with van der Waals surface area (Å²) in [6.07, 6.45) is 6.04. The number of pyridine rings is 1. The van der Waals surface area contributed by atoms with Gasteiger partial charge in [-0.05, 0) is 38.0 Å². The molecule has 2 heterocycles. The first-order valence-electron chi connectivity index (χ1n) is 6.79. The van der Waals surface area contributed by atoms with Crippen LogP contribution in [0.4, 0.5) is 0 Å². The van der Waals surface area contributed by atoms with E-state index in [-0.39, 0.29) is 11.9 Å². The molecule has 0 aliphatic heterocycles. The number of nitrogens with zero attached hydrogens (tertiary/aromatic N) is 3. The van der Waals surface area contributed by atoms with E-state index >= 15 is 0 Å². The van der Waals surface area contributed by atoms with Crippen molar-refractivity contribution in [2.75, 3.05) is 0 Å². The fourth-order valence-electron chi connectivity index (χ4n) is 2.12. The molecule has 1 N–H and O–H groups in total. The van der Waals surface area contributed by atoms with Crippen LogP contribution in [0.1, 0.15) is 36.3 Å². The van der Waals surface area contributed by atoms with Crippen LogP contribution in [0.5, 0.6) is 0 Å². The van der Waals surface area contributed by atoms with Gasteiger partial charge in [0, 0.05) is 18.1 Å². The maximum absolute atomic E-state index is 12.1. The summed E-state index contributed by atoms with van der Waals surface area (Å²) >= 11 is 0. The van der Waals surface area contributed by atoms with Crippen molar-refractivity contribution in [3.8, 4) is 0 Å². The number of imidazole rings is 1. The quantitative estimate of drug-likeness (QED) is 0.907. The van der Waals surface area contributed by atoms with E-state index in [9.17, 15) is 4.79 Å². The summed E-state index contributed by atoms with van der Waals surface area (Å²) in [7, 11) is 0. The Balaban J connectivity index is 2.01. The zero-order valence-corrected chi connectivity index (χ0v) is 12.1. The van der Waals surface area contributed by atoms with Crippen LogP contribution in [0.15, 0.2) is 30.9 Å². The van der Waals surface area contributed by atoms with Gasteiger partial charge in [0.15, 0.2) is 0 Å². The van der Waals surface area contributed by atoms with Crippen LogP contribution in [0.25, 0.3) is 0 Å². The number of amides is 1. The first kappa shape index (κ1) is 14.2. The zero-order chi connectivity index (χ0) is 14.5. The van der Waals surface area contributed by atoms with Gasteiger partial charge in [-0.15, -0.1) is 0 Å². The first-order chi connectivity index (χ1) is 9.61. The molecule has 0 unspecified atom stereocenters. The minimum Gasteiger partial charge on any atom is -0.348 e. The van der Waals surface area contributed by atoms with Gasteiger partial charge in [-0.1, -0.05) is 6.92 Å². The smallest absolute Gasteiger partial charge is 0.240 e. The topological polar surface area (TPSA) is 59.8 Å². The Labute approximate surface area is 119 Å². The van der Waals surface area contributed by atoms with Gasteiger partial charge in [0.2, 0.25) is 5.91 Å². The Hall–Kier alpha value is -2.17. The number of carbonyl (C=O) groups excluding carboxylic acids is 1. The Morgan fingerprint density at radius 1 is 1.35 bits per heavy atom. The molecule has 0 fully saturated rings. The molecular weight excluding hydrogens is 252 g/mol. The molecule has 0 aliphatic carbocycles. The fourth-order valence-corrected chi connectivity index (χ4v) is 2.12. The molecule has 0 spiro atoms. The molecule has 0 saturated heterocycles. The number of hydrogen-bond acceptors (Lipinski definition) is 3. The van der Waals surface area contributed by atoms with Crippen LogP contribution in [-0.2, 0) is 11.3 Å².